The van der Waals surface area contributed by atoms with E-state index >= 15 is 0 Å². The van der Waals surface area contributed by atoms with E-state index in [9.17, 15) is 9.59 Å². The molecule has 0 N–H and O–H groups in total. The summed E-state index contributed by atoms with van der Waals surface area (Å²) in [7, 11) is 0. The molecule has 330 valence electrons. The molecule has 0 heterocycles. The number of carbonyl (C=O) groups excluding carboxylic acids is 2. The van der Waals surface area contributed by atoms with Gasteiger partial charge in [-0.3, -0.25) is 9.59 Å². The Hall–Kier alpha value is -8.28. The Bertz CT molecular complexity index is 3310. The number of halogens is 2. The van der Waals surface area contributed by atoms with Crippen molar-refractivity contribution in [3.63, 3.8) is 0 Å². The lowest BCUT2D eigenvalue weighted by Gasteiger charge is -2.35. The third kappa shape index (κ3) is 8.21. The topological polar surface area (TPSA) is 52.6 Å². The Labute approximate surface area is 410 Å². The van der Waals surface area contributed by atoms with Crippen LogP contribution in [0.3, 0.4) is 0 Å². The van der Waals surface area contributed by atoms with Crippen molar-refractivity contribution in [1.29, 1.82) is 0 Å². The summed E-state index contributed by atoms with van der Waals surface area (Å²) in [6, 6.07) is 79.3. The summed E-state index contributed by atoms with van der Waals surface area (Å²) in [6.45, 7) is 0. The van der Waals surface area contributed by atoms with E-state index in [-0.39, 0.29) is 11.6 Å². The highest BCUT2D eigenvalue weighted by molar-refractivity contribution is 6.31. The molecule has 0 bridgehead atoms. The zero-order valence-corrected chi connectivity index (χ0v) is 38.5. The molecule has 0 aromatic heterocycles. The van der Waals surface area contributed by atoms with E-state index in [1.165, 1.54) is 0 Å². The van der Waals surface area contributed by atoms with E-state index in [0.29, 0.717) is 55.3 Å². The lowest BCUT2D eigenvalue weighted by atomic mass is 9.67. The number of ether oxygens (including phenoxy) is 2. The van der Waals surface area contributed by atoms with Crippen LogP contribution in [0, 0.1) is 0 Å². The van der Waals surface area contributed by atoms with Crippen LogP contribution in [0.2, 0.25) is 10.0 Å². The second kappa shape index (κ2) is 18.4. The maximum Gasteiger partial charge on any atom is 0.193 e. The first-order chi connectivity index (χ1) is 33.8. The number of ketones is 2. The Kier molecular flexibility index (Phi) is 11.6. The van der Waals surface area contributed by atoms with Crippen molar-refractivity contribution in [2.24, 2.45) is 0 Å². The van der Waals surface area contributed by atoms with E-state index in [2.05, 4.69) is 109 Å². The first-order valence-corrected chi connectivity index (χ1v) is 23.3. The molecule has 0 saturated heterocycles. The monoisotopic (exact) mass is 930 g/mol. The van der Waals surface area contributed by atoms with Crippen molar-refractivity contribution in [2.45, 2.75) is 5.41 Å². The Balaban J connectivity index is 1.03. The van der Waals surface area contributed by atoms with Crippen molar-refractivity contribution in [1.82, 2.24) is 0 Å². The van der Waals surface area contributed by atoms with E-state index in [4.69, 9.17) is 32.7 Å². The van der Waals surface area contributed by atoms with Crippen LogP contribution in [-0.4, -0.2) is 11.6 Å². The molecule has 1 aliphatic rings. The lowest BCUT2D eigenvalue weighted by molar-refractivity contribution is 0.103. The second-order valence-electron chi connectivity index (χ2n) is 16.9. The Morgan fingerprint density at radius 2 is 0.725 bits per heavy atom. The van der Waals surface area contributed by atoms with Crippen LogP contribution < -0.4 is 9.47 Å². The standard InChI is InChI=1S/C63H40Cl2O4/c64-49-19-11-17-45(37-49)61(66)43-25-31-51(32-26-43)68-59-35-29-47(39-55(59)41-13-3-1-4-14-41)63(57-23-9-7-21-53(57)54-22-8-10-24-58(54)63)48-30-36-60(56(40-48)42-15-5-2-6-16-42)69-52-33-27-44(28-34-52)62(67)46-18-12-20-50(65)38-46/h1-40H. The van der Waals surface area contributed by atoms with E-state index in [0.717, 1.165) is 55.6 Å². The van der Waals surface area contributed by atoms with Crippen LogP contribution >= 0.6 is 23.2 Å². The molecule has 0 atom stereocenters. The minimum atomic E-state index is -0.776. The van der Waals surface area contributed by atoms with Gasteiger partial charge in [0.15, 0.2) is 11.6 Å². The van der Waals surface area contributed by atoms with Gasteiger partial charge in [0, 0.05) is 43.4 Å². The summed E-state index contributed by atoms with van der Waals surface area (Å²) >= 11 is 12.4. The average Bonchev–Trinajstić information content (AvgIpc) is 3.70. The average molecular weight is 932 g/mol. The van der Waals surface area contributed by atoms with Crippen LogP contribution in [0.1, 0.15) is 54.1 Å². The number of fused-ring (bicyclic) bond motifs is 3. The van der Waals surface area contributed by atoms with Crippen LogP contribution in [0.15, 0.2) is 243 Å². The van der Waals surface area contributed by atoms with Crippen LogP contribution in [0.4, 0.5) is 0 Å². The molecule has 10 aromatic carbocycles. The fourth-order valence-corrected chi connectivity index (χ4v) is 9.99. The second-order valence-corrected chi connectivity index (χ2v) is 17.8. The highest BCUT2D eigenvalue weighted by Gasteiger charge is 2.46. The number of carbonyl (C=O) groups is 2. The summed E-state index contributed by atoms with van der Waals surface area (Å²) < 4.78 is 13.5. The molecule has 0 radical (unpaired) electrons. The molecule has 0 unspecified atom stereocenters. The highest BCUT2D eigenvalue weighted by atomic mass is 35.5. The van der Waals surface area contributed by atoms with E-state index in [1.807, 2.05) is 60.7 Å². The molecular formula is C63H40Cl2O4. The highest BCUT2D eigenvalue weighted by Crippen LogP contribution is 2.58. The molecule has 6 heteroatoms. The third-order valence-electron chi connectivity index (χ3n) is 12.8. The summed E-state index contributed by atoms with van der Waals surface area (Å²) in [4.78, 5) is 26.7. The first-order valence-electron chi connectivity index (χ1n) is 22.6. The fraction of sp³-hybridized carbons (Fsp3) is 0.0159. The fourth-order valence-electron chi connectivity index (χ4n) is 9.61. The Morgan fingerprint density at radius 1 is 0.333 bits per heavy atom. The van der Waals surface area contributed by atoms with Crippen molar-refractivity contribution in [2.75, 3.05) is 0 Å². The first kappa shape index (κ1) is 43.3. The SMILES string of the molecule is O=C(c1ccc(Oc2ccc(C3(c4ccc(Oc5ccc(C(=O)c6cccc(Cl)c6)cc5)c(-c5ccccc5)c4)c4ccccc4-c4ccccc43)cc2-c2ccccc2)cc1)c1cccc(Cl)c1. The van der Waals surface area contributed by atoms with Gasteiger partial charge < -0.3 is 9.47 Å². The third-order valence-corrected chi connectivity index (χ3v) is 13.3. The van der Waals surface area contributed by atoms with Gasteiger partial charge in [-0.15, -0.1) is 0 Å². The lowest BCUT2D eigenvalue weighted by Crippen LogP contribution is -2.28. The van der Waals surface area contributed by atoms with Gasteiger partial charge in [0.2, 0.25) is 0 Å². The molecular weight excluding hydrogens is 892 g/mol. The van der Waals surface area contributed by atoms with E-state index < -0.39 is 5.41 Å². The van der Waals surface area contributed by atoms with Crippen LogP contribution in [0.25, 0.3) is 33.4 Å². The molecule has 0 aliphatic heterocycles. The van der Waals surface area contributed by atoms with Gasteiger partial charge in [0.25, 0.3) is 0 Å². The van der Waals surface area contributed by atoms with Crippen LogP contribution in [-0.2, 0) is 5.41 Å². The summed E-state index contributed by atoms with van der Waals surface area (Å²) in [5.41, 5.74) is 11.9. The van der Waals surface area contributed by atoms with Crippen molar-refractivity contribution in [3.05, 3.63) is 297 Å². The molecule has 11 rings (SSSR count). The Morgan fingerprint density at radius 3 is 1.13 bits per heavy atom. The molecule has 4 nitrogen and oxygen atoms in total. The van der Waals surface area contributed by atoms with Crippen LogP contribution in [0.5, 0.6) is 23.0 Å². The molecule has 1 aliphatic carbocycles. The van der Waals surface area contributed by atoms with Gasteiger partial charge in [-0.2, -0.15) is 0 Å². The predicted molar refractivity (Wildman–Crippen MR) is 277 cm³/mol. The maximum absolute atomic E-state index is 13.4. The maximum atomic E-state index is 13.4. The van der Waals surface area contributed by atoms with Gasteiger partial charge in [-0.25, -0.2) is 0 Å². The normalized spacial score (nSPS) is 12.1. The molecule has 10 aromatic rings. The van der Waals surface area contributed by atoms with Gasteiger partial charge in [0.05, 0.1) is 5.41 Å². The zero-order chi connectivity index (χ0) is 46.9. The summed E-state index contributed by atoms with van der Waals surface area (Å²) in [5, 5.41) is 1.02. The summed E-state index contributed by atoms with van der Waals surface area (Å²) in [6.07, 6.45) is 0. The van der Waals surface area contributed by atoms with Crippen molar-refractivity contribution >= 4 is 34.8 Å². The smallest absolute Gasteiger partial charge is 0.193 e. The molecule has 0 amide bonds. The molecule has 0 saturated carbocycles. The zero-order valence-electron chi connectivity index (χ0n) is 37.0. The number of benzene rings is 10. The molecule has 0 fully saturated rings. The number of hydrogen-bond donors (Lipinski definition) is 0. The quantitative estimate of drug-likeness (QED) is 0.115. The van der Waals surface area contributed by atoms with Crippen molar-refractivity contribution < 1.29 is 19.1 Å². The largest absolute Gasteiger partial charge is 0.457 e. The molecule has 69 heavy (non-hydrogen) atoms. The van der Waals surface area contributed by atoms with Gasteiger partial charge >= 0.3 is 0 Å². The molecule has 0 spiro atoms. The number of rotatable bonds is 12. The summed E-state index contributed by atoms with van der Waals surface area (Å²) in [5.74, 6) is 2.30. The van der Waals surface area contributed by atoms with Gasteiger partial charge in [-0.1, -0.05) is 169 Å². The van der Waals surface area contributed by atoms with Gasteiger partial charge in [0.1, 0.15) is 23.0 Å². The van der Waals surface area contributed by atoms with Gasteiger partial charge in [-0.05, 0) is 142 Å². The minimum Gasteiger partial charge on any atom is -0.457 e. The van der Waals surface area contributed by atoms with Crippen molar-refractivity contribution in [3.8, 4) is 56.4 Å². The predicted octanol–water partition coefficient (Wildman–Crippen LogP) is 16.7. The minimum absolute atomic E-state index is 0.118. The number of hydrogen-bond acceptors (Lipinski definition) is 4. The van der Waals surface area contributed by atoms with E-state index in [1.54, 1.807) is 72.8 Å².